The molecule has 4 atom stereocenters. The van der Waals surface area contributed by atoms with Gasteiger partial charge in [-0.1, -0.05) is 31.2 Å². The molecule has 1 aliphatic rings. The van der Waals surface area contributed by atoms with Gasteiger partial charge in [-0.15, -0.1) is 0 Å². The fourth-order valence-electron chi connectivity index (χ4n) is 6.68. The molecule has 4 aromatic carbocycles. The zero-order valence-electron chi connectivity index (χ0n) is 33.5. The Morgan fingerprint density at radius 1 is 0.965 bits per heavy atom. The molecular weight excluding hydrogens is 725 g/mol. The maximum absolute atomic E-state index is 14.5. The monoisotopic (exact) mass is 780 g/mol. The highest BCUT2D eigenvalue weighted by Crippen LogP contribution is 2.29. The van der Waals surface area contributed by atoms with Crippen molar-refractivity contribution in [3.63, 3.8) is 0 Å². The Kier molecular flexibility index (Phi) is 15.3. The molecule has 0 unspecified atom stereocenters. The van der Waals surface area contributed by atoms with Crippen molar-refractivity contribution >= 4 is 40.6 Å². The number of nitrogen functional groups attached to an aromatic ring is 1. The lowest BCUT2D eigenvalue weighted by atomic mass is 10.0. The molecule has 0 fully saturated rings. The van der Waals surface area contributed by atoms with Crippen LogP contribution >= 0.6 is 0 Å². The van der Waals surface area contributed by atoms with Crippen molar-refractivity contribution in [3.8, 4) is 11.5 Å². The molecule has 5 rings (SSSR count). The normalized spacial score (nSPS) is 18.4. The Morgan fingerprint density at radius 3 is 2.37 bits per heavy atom. The molecule has 0 radical (unpaired) electrons. The summed E-state index contributed by atoms with van der Waals surface area (Å²) in [4.78, 5) is 44.2. The highest BCUT2D eigenvalue weighted by atomic mass is 16.5. The first kappa shape index (κ1) is 42.5. The van der Waals surface area contributed by atoms with Crippen LogP contribution in [0.1, 0.15) is 66.3 Å². The molecule has 0 saturated carbocycles. The minimum atomic E-state index is -0.513. The van der Waals surface area contributed by atoms with E-state index in [-0.39, 0.29) is 42.1 Å². The van der Waals surface area contributed by atoms with Crippen LogP contribution in [0.2, 0.25) is 0 Å². The number of urea groups is 1. The van der Waals surface area contributed by atoms with Gasteiger partial charge in [-0.2, -0.15) is 0 Å². The molecule has 0 aromatic heterocycles. The van der Waals surface area contributed by atoms with Crippen molar-refractivity contribution in [2.45, 2.75) is 64.8 Å². The highest BCUT2D eigenvalue weighted by Gasteiger charge is 2.30. The van der Waals surface area contributed by atoms with Crippen molar-refractivity contribution in [2.24, 2.45) is 5.92 Å². The molecule has 1 heterocycles. The average Bonchev–Trinajstić information content (AvgIpc) is 3.20. The number of carbonyl (C=O) groups excluding carboxylic acids is 3. The van der Waals surface area contributed by atoms with Crippen LogP contribution < -0.4 is 31.2 Å². The van der Waals surface area contributed by atoms with E-state index < -0.39 is 12.1 Å². The summed E-state index contributed by atoms with van der Waals surface area (Å²) >= 11 is 0. The first-order chi connectivity index (χ1) is 27.4. The van der Waals surface area contributed by atoms with Crippen LogP contribution in [0.4, 0.5) is 27.5 Å². The number of fused-ring (bicyclic) bond motifs is 1. The van der Waals surface area contributed by atoms with E-state index in [2.05, 4.69) is 27.8 Å². The Bertz CT molecular complexity index is 1940. The van der Waals surface area contributed by atoms with Gasteiger partial charge in [-0.05, 0) is 112 Å². The van der Waals surface area contributed by atoms with Crippen LogP contribution in [0.25, 0.3) is 0 Å². The van der Waals surface area contributed by atoms with Gasteiger partial charge in [0.25, 0.3) is 11.8 Å². The number of likely N-dealkylation sites (N-methyl/N-ethyl adjacent to an activating group) is 1. The van der Waals surface area contributed by atoms with Crippen LogP contribution in [0.15, 0.2) is 91.0 Å². The second-order valence-electron chi connectivity index (χ2n) is 14.8. The van der Waals surface area contributed by atoms with Gasteiger partial charge in [0.1, 0.15) is 11.5 Å². The van der Waals surface area contributed by atoms with E-state index in [0.29, 0.717) is 66.1 Å². The molecule has 4 amide bonds. The summed E-state index contributed by atoms with van der Waals surface area (Å²) in [5.74, 6) is 0.394. The third kappa shape index (κ3) is 12.2. The summed E-state index contributed by atoms with van der Waals surface area (Å²) in [5.41, 5.74) is 9.89. The Labute approximate surface area is 335 Å². The van der Waals surface area contributed by atoms with E-state index in [1.165, 1.54) is 0 Å². The maximum Gasteiger partial charge on any atom is 0.323 e. The van der Waals surface area contributed by atoms with E-state index in [4.69, 9.17) is 19.9 Å². The number of methoxy groups -OCH3 is 1. The van der Waals surface area contributed by atoms with Gasteiger partial charge >= 0.3 is 6.03 Å². The summed E-state index contributed by atoms with van der Waals surface area (Å²) < 4.78 is 18.1. The molecule has 6 N–H and O–H groups in total. The minimum absolute atomic E-state index is 0.121. The number of amides is 4. The molecule has 57 heavy (non-hydrogen) atoms. The number of nitrogens with one attached hydrogen (secondary N) is 3. The van der Waals surface area contributed by atoms with Crippen LogP contribution in [-0.2, 0) is 11.3 Å². The third-order valence-corrected chi connectivity index (χ3v) is 10.0. The molecule has 13 heteroatoms. The Hall–Kier alpha value is -5.63. The van der Waals surface area contributed by atoms with Gasteiger partial charge in [0.05, 0.1) is 48.9 Å². The lowest BCUT2D eigenvalue weighted by molar-refractivity contribution is -0.0177. The standard InChI is InChI=1S/C44H56N6O7/c1-29-25-50(30(2)28-51)43(53)37-24-35(47-44(54)46-34-17-20-36(55-5)21-18-34)19-22-40(37)57-31(3)10-8-9-23-56-41(29)27-49(4)26-32-13-15-33(16-14-32)42(52)48-39-12-7-6-11-38(39)45/h6-7,11-22,24,29-31,41,51H,8-10,23,25-28,45H2,1-5H3,(H,48,52)(H2,46,47,54)/t29-,30+,31+,41-/m0/s1. The number of hydrogen-bond donors (Lipinski definition) is 5. The van der Waals surface area contributed by atoms with Gasteiger partial charge in [-0.25, -0.2) is 4.79 Å². The summed E-state index contributed by atoms with van der Waals surface area (Å²) in [6, 6.07) is 25.6. The third-order valence-electron chi connectivity index (χ3n) is 10.0. The minimum Gasteiger partial charge on any atom is -0.497 e. The van der Waals surface area contributed by atoms with Gasteiger partial charge in [0, 0.05) is 49.1 Å². The van der Waals surface area contributed by atoms with Crippen molar-refractivity contribution in [2.75, 3.05) is 62.1 Å². The molecule has 304 valence electrons. The van der Waals surface area contributed by atoms with Gasteiger partial charge in [0.2, 0.25) is 0 Å². The fraction of sp³-hybridized carbons (Fsp3) is 0.386. The number of aliphatic hydroxyl groups excluding tert-OH is 1. The predicted octanol–water partition coefficient (Wildman–Crippen LogP) is 7.10. The van der Waals surface area contributed by atoms with E-state index in [1.54, 1.807) is 78.7 Å². The molecule has 0 bridgehead atoms. The number of rotatable bonds is 11. The second kappa shape index (κ2) is 20.5. The van der Waals surface area contributed by atoms with E-state index in [9.17, 15) is 19.5 Å². The van der Waals surface area contributed by atoms with Crippen LogP contribution in [-0.4, -0.2) is 91.5 Å². The van der Waals surface area contributed by atoms with Gasteiger partial charge in [-0.3, -0.25) is 14.5 Å². The first-order valence-electron chi connectivity index (χ1n) is 19.4. The molecule has 1 aliphatic heterocycles. The summed E-state index contributed by atoms with van der Waals surface area (Å²) in [6.45, 7) is 7.65. The predicted molar refractivity (Wildman–Crippen MR) is 224 cm³/mol. The number of benzene rings is 4. The Morgan fingerprint density at radius 2 is 1.67 bits per heavy atom. The van der Waals surface area contributed by atoms with Crippen LogP contribution in [0, 0.1) is 5.92 Å². The second-order valence-corrected chi connectivity index (χ2v) is 14.8. The lowest BCUT2D eigenvalue weighted by Gasteiger charge is -2.36. The fourth-order valence-corrected chi connectivity index (χ4v) is 6.68. The number of hydrogen-bond acceptors (Lipinski definition) is 9. The molecule has 0 aliphatic carbocycles. The van der Waals surface area contributed by atoms with Gasteiger partial charge in [0.15, 0.2) is 0 Å². The molecule has 4 aromatic rings. The van der Waals surface area contributed by atoms with E-state index in [0.717, 1.165) is 24.8 Å². The number of carbonyl (C=O) groups is 3. The maximum atomic E-state index is 14.5. The topological polar surface area (TPSA) is 168 Å². The lowest BCUT2D eigenvalue weighted by Crippen LogP contribution is -2.47. The number of para-hydroxylation sites is 2. The number of ether oxygens (including phenoxy) is 3. The smallest absolute Gasteiger partial charge is 0.323 e. The van der Waals surface area contributed by atoms with E-state index in [1.807, 2.05) is 45.2 Å². The number of nitrogens with two attached hydrogens (primary N) is 1. The quantitative estimate of drug-likeness (QED) is 0.0998. The zero-order chi connectivity index (χ0) is 40.9. The highest BCUT2D eigenvalue weighted by molar-refractivity contribution is 6.06. The summed E-state index contributed by atoms with van der Waals surface area (Å²) in [7, 11) is 3.59. The van der Waals surface area contributed by atoms with Crippen molar-refractivity contribution < 1.29 is 33.7 Å². The molecule has 0 saturated heterocycles. The molecule has 13 nitrogen and oxygen atoms in total. The first-order valence-corrected chi connectivity index (χ1v) is 19.4. The summed E-state index contributed by atoms with van der Waals surface area (Å²) in [6.07, 6.45) is 2.05. The van der Waals surface area contributed by atoms with Crippen LogP contribution in [0.3, 0.4) is 0 Å². The van der Waals surface area contributed by atoms with Gasteiger partial charge < -0.3 is 45.9 Å². The zero-order valence-corrected chi connectivity index (χ0v) is 33.5. The van der Waals surface area contributed by atoms with Crippen molar-refractivity contribution in [1.29, 1.82) is 0 Å². The average molecular weight is 781 g/mol. The Balaban J connectivity index is 1.30. The largest absolute Gasteiger partial charge is 0.497 e. The van der Waals surface area contributed by atoms with Crippen molar-refractivity contribution in [1.82, 2.24) is 9.80 Å². The number of nitrogens with zero attached hydrogens (tertiary/aromatic N) is 2. The summed E-state index contributed by atoms with van der Waals surface area (Å²) in [5, 5.41) is 18.8. The SMILES string of the molecule is COc1ccc(NC(=O)Nc2ccc3c(c2)C(=O)N([C@H](C)CO)C[C@H](C)[C@H](CN(C)Cc2ccc(C(=O)Nc4ccccc4N)cc2)OCCCC[C@@H](C)O3)cc1. The van der Waals surface area contributed by atoms with E-state index >= 15 is 0 Å². The number of aliphatic hydroxyl groups is 1. The number of anilines is 4. The van der Waals surface area contributed by atoms with Crippen LogP contribution in [0.5, 0.6) is 11.5 Å². The molecular formula is C44H56N6O7. The van der Waals surface area contributed by atoms with Crippen molar-refractivity contribution in [3.05, 3.63) is 108 Å². The molecule has 0 spiro atoms.